The molecule has 4 heterocycles. The van der Waals surface area contributed by atoms with E-state index in [9.17, 15) is 39.5 Å². The molecule has 2 aliphatic rings. The Bertz CT molecular complexity index is 1140. The first kappa shape index (κ1) is 39.1. The number of halogens is 9. The molecule has 0 saturated carbocycles. The Morgan fingerprint density at radius 3 is 1.71 bits per heavy atom. The molecule has 0 aromatic carbocycles. The van der Waals surface area contributed by atoms with Crippen LogP contribution >= 0.6 is 0 Å². The van der Waals surface area contributed by atoms with Crippen molar-refractivity contribution < 1.29 is 78.4 Å². The molecule has 1 spiro atoms. The molecule has 4 rings (SSSR count). The van der Waals surface area contributed by atoms with Crippen LogP contribution in [-0.4, -0.2) is 106 Å². The SMILES string of the molecule is O=C(O)C(F)(F)F.O=C(O)C(F)(F)F.O=C(O)C(F)(F)F.c1ccc(CN2CCOCC3(CCN(Cc4ccco4)C3)C2)nc1. The molecule has 254 valence electrons. The van der Waals surface area contributed by atoms with Crippen LogP contribution in [0.15, 0.2) is 47.2 Å². The van der Waals surface area contributed by atoms with Gasteiger partial charge >= 0.3 is 36.4 Å². The van der Waals surface area contributed by atoms with Crippen LogP contribution in [-0.2, 0) is 32.2 Å². The van der Waals surface area contributed by atoms with Gasteiger partial charge in [0.05, 0.1) is 31.7 Å². The van der Waals surface area contributed by atoms with Crippen LogP contribution in [0.5, 0.6) is 0 Å². The second-order valence-electron chi connectivity index (χ2n) is 9.53. The van der Waals surface area contributed by atoms with Crippen molar-refractivity contribution in [2.24, 2.45) is 5.41 Å². The molecule has 11 nitrogen and oxygen atoms in total. The predicted molar refractivity (Wildman–Crippen MR) is 132 cm³/mol. The summed E-state index contributed by atoms with van der Waals surface area (Å²) in [6.07, 6.45) is -10.4. The van der Waals surface area contributed by atoms with Gasteiger partial charge in [-0.2, -0.15) is 39.5 Å². The predicted octanol–water partition coefficient (Wildman–Crippen LogP) is 4.30. The average molecular weight is 669 g/mol. The molecule has 2 aromatic heterocycles. The van der Waals surface area contributed by atoms with Crippen molar-refractivity contribution in [3.63, 3.8) is 0 Å². The summed E-state index contributed by atoms with van der Waals surface area (Å²) in [6, 6.07) is 10.2. The van der Waals surface area contributed by atoms with Crippen LogP contribution in [0.1, 0.15) is 17.9 Å². The molecule has 2 aliphatic heterocycles. The van der Waals surface area contributed by atoms with Gasteiger partial charge in [0.1, 0.15) is 5.76 Å². The first-order valence-corrected chi connectivity index (χ1v) is 12.5. The lowest BCUT2D eigenvalue weighted by Gasteiger charge is -2.31. The molecule has 1 unspecified atom stereocenters. The first-order valence-electron chi connectivity index (χ1n) is 12.5. The maximum Gasteiger partial charge on any atom is 0.490 e. The molecular formula is C25H28F9N3O8. The Morgan fingerprint density at radius 1 is 0.778 bits per heavy atom. The lowest BCUT2D eigenvalue weighted by Crippen LogP contribution is -2.40. The van der Waals surface area contributed by atoms with E-state index in [1.54, 1.807) is 6.26 Å². The smallest absolute Gasteiger partial charge is 0.475 e. The molecule has 2 saturated heterocycles. The third-order valence-electron chi connectivity index (χ3n) is 5.84. The molecule has 2 fully saturated rings. The lowest BCUT2D eigenvalue weighted by atomic mass is 9.87. The molecular weight excluding hydrogens is 641 g/mol. The van der Waals surface area contributed by atoms with Gasteiger partial charge in [0, 0.05) is 37.8 Å². The Hall–Kier alpha value is -3.91. The first-order chi connectivity index (χ1) is 20.6. The van der Waals surface area contributed by atoms with Gasteiger partial charge in [-0.15, -0.1) is 0 Å². The second kappa shape index (κ2) is 17.0. The van der Waals surface area contributed by atoms with Gasteiger partial charge in [0.15, 0.2) is 0 Å². The normalized spacial score (nSPS) is 19.1. The highest BCUT2D eigenvalue weighted by Crippen LogP contribution is 2.34. The van der Waals surface area contributed by atoms with E-state index in [1.807, 2.05) is 18.3 Å². The standard InChI is InChI=1S/C19H25N3O2.3C2HF3O2/c1-2-7-20-17(4-1)12-22-9-11-23-16-19(15-22)6-8-21(14-19)13-18-5-3-10-24-18;3*3-2(4,5)1(6)7/h1-5,7,10H,6,8-9,11-16H2;3*(H,6,7). The minimum Gasteiger partial charge on any atom is -0.475 e. The van der Waals surface area contributed by atoms with Crippen molar-refractivity contribution in [3.05, 3.63) is 54.2 Å². The van der Waals surface area contributed by atoms with Crippen molar-refractivity contribution in [1.82, 2.24) is 14.8 Å². The Labute approximate surface area is 248 Å². The van der Waals surface area contributed by atoms with Crippen LogP contribution in [0.3, 0.4) is 0 Å². The van der Waals surface area contributed by atoms with E-state index in [-0.39, 0.29) is 5.41 Å². The maximum absolute atomic E-state index is 10.6. The average Bonchev–Trinajstić information content (AvgIpc) is 3.52. The fourth-order valence-corrected chi connectivity index (χ4v) is 3.97. The third kappa shape index (κ3) is 15.6. The quantitative estimate of drug-likeness (QED) is 0.400. The number of carboxylic acid groups (broad SMARTS) is 3. The Kier molecular flexibility index (Phi) is 14.7. The van der Waals surface area contributed by atoms with E-state index in [0.717, 1.165) is 63.9 Å². The van der Waals surface area contributed by atoms with E-state index in [4.69, 9.17) is 38.9 Å². The van der Waals surface area contributed by atoms with Crippen molar-refractivity contribution in [2.45, 2.75) is 38.0 Å². The topological polar surface area (TPSA) is 154 Å². The van der Waals surface area contributed by atoms with Crippen LogP contribution in [0.2, 0.25) is 0 Å². The van der Waals surface area contributed by atoms with Gasteiger partial charge in [0.25, 0.3) is 0 Å². The zero-order valence-electron chi connectivity index (χ0n) is 23.0. The molecule has 3 N–H and O–H groups in total. The number of ether oxygens (including phenoxy) is 1. The highest BCUT2D eigenvalue weighted by molar-refractivity contribution is 5.73. The molecule has 45 heavy (non-hydrogen) atoms. The van der Waals surface area contributed by atoms with Gasteiger partial charge in [-0.3, -0.25) is 14.8 Å². The number of nitrogens with zero attached hydrogens (tertiary/aromatic N) is 3. The minimum absolute atomic E-state index is 0.234. The zero-order chi connectivity index (χ0) is 34.5. The number of carbonyl (C=O) groups is 3. The minimum atomic E-state index is -5.08. The van der Waals surface area contributed by atoms with E-state index in [2.05, 4.69) is 33.0 Å². The van der Waals surface area contributed by atoms with E-state index < -0.39 is 36.4 Å². The number of carboxylic acids is 3. The molecule has 0 radical (unpaired) electrons. The molecule has 0 aliphatic carbocycles. The van der Waals surface area contributed by atoms with Gasteiger partial charge < -0.3 is 24.5 Å². The summed E-state index contributed by atoms with van der Waals surface area (Å²) in [4.78, 5) is 36.2. The number of alkyl halides is 9. The number of pyridine rings is 1. The van der Waals surface area contributed by atoms with Crippen molar-refractivity contribution in [2.75, 3.05) is 39.4 Å². The number of rotatable bonds is 4. The van der Waals surface area contributed by atoms with Gasteiger partial charge in [-0.1, -0.05) is 6.07 Å². The maximum atomic E-state index is 10.6. The van der Waals surface area contributed by atoms with Crippen LogP contribution in [0, 0.1) is 5.41 Å². The fraction of sp³-hybridized carbons (Fsp3) is 0.520. The summed E-state index contributed by atoms with van der Waals surface area (Å²) in [7, 11) is 0. The van der Waals surface area contributed by atoms with E-state index in [0.29, 0.717) is 0 Å². The summed E-state index contributed by atoms with van der Waals surface area (Å²) in [5, 5.41) is 21.4. The molecule has 2 aromatic rings. The van der Waals surface area contributed by atoms with Gasteiger partial charge in [-0.25, -0.2) is 14.4 Å². The summed E-state index contributed by atoms with van der Waals surface area (Å²) in [5.74, 6) is -7.22. The van der Waals surface area contributed by atoms with Crippen molar-refractivity contribution in [3.8, 4) is 0 Å². The summed E-state index contributed by atoms with van der Waals surface area (Å²) < 4.78 is 107. The Morgan fingerprint density at radius 2 is 1.29 bits per heavy atom. The fourth-order valence-electron chi connectivity index (χ4n) is 3.97. The largest absolute Gasteiger partial charge is 0.490 e. The van der Waals surface area contributed by atoms with Crippen molar-refractivity contribution in [1.29, 1.82) is 0 Å². The van der Waals surface area contributed by atoms with E-state index >= 15 is 0 Å². The highest BCUT2D eigenvalue weighted by Gasteiger charge is 2.42. The number of aliphatic carboxylic acids is 3. The highest BCUT2D eigenvalue weighted by atomic mass is 19.4. The van der Waals surface area contributed by atoms with Gasteiger partial charge in [0.2, 0.25) is 0 Å². The number of furan rings is 1. The molecule has 1 atom stereocenters. The number of aromatic nitrogens is 1. The monoisotopic (exact) mass is 669 g/mol. The molecule has 20 heteroatoms. The number of likely N-dealkylation sites (tertiary alicyclic amines) is 1. The third-order valence-corrected chi connectivity index (χ3v) is 5.84. The number of hydrogen-bond donors (Lipinski definition) is 3. The summed E-state index contributed by atoms with van der Waals surface area (Å²) in [5.41, 5.74) is 1.37. The molecule has 0 bridgehead atoms. The summed E-state index contributed by atoms with van der Waals surface area (Å²) >= 11 is 0. The summed E-state index contributed by atoms with van der Waals surface area (Å²) in [6.45, 7) is 7.73. The van der Waals surface area contributed by atoms with Crippen LogP contribution in [0.25, 0.3) is 0 Å². The lowest BCUT2D eigenvalue weighted by molar-refractivity contribution is -0.193. The van der Waals surface area contributed by atoms with Gasteiger partial charge in [-0.05, 0) is 37.2 Å². The van der Waals surface area contributed by atoms with Crippen LogP contribution in [0.4, 0.5) is 39.5 Å². The van der Waals surface area contributed by atoms with Crippen LogP contribution < -0.4 is 0 Å². The second-order valence-corrected chi connectivity index (χ2v) is 9.53. The number of hydrogen-bond acceptors (Lipinski definition) is 8. The Balaban J connectivity index is 0.000000396. The molecule has 0 amide bonds. The van der Waals surface area contributed by atoms with Crippen molar-refractivity contribution >= 4 is 17.9 Å². The van der Waals surface area contributed by atoms with E-state index in [1.165, 1.54) is 6.42 Å². The zero-order valence-corrected chi connectivity index (χ0v) is 23.0.